The molecule has 1 saturated heterocycles. The molecule has 18 heavy (non-hydrogen) atoms. The van der Waals surface area contributed by atoms with Crippen LogP contribution in [0.15, 0.2) is 0 Å². The van der Waals surface area contributed by atoms with E-state index in [4.69, 9.17) is 4.74 Å². The zero-order valence-electron chi connectivity index (χ0n) is 11.7. The van der Waals surface area contributed by atoms with E-state index in [-0.39, 0.29) is 12.0 Å². The summed E-state index contributed by atoms with van der Waals surface area (Å²) >= 11 is 0. The van der Waals surface area contributed by atoms with Crippen LogP contribution in [0.3, 0.4) is 0 Å². The molecule has 1 aliphatic rings. The molecule has 5 heteroatoms. The van der Waals surface area contributed by atoms with Gasteiger partial charge < -0.3 is 20.3 Å². The lowest BCUT2D eigenvalue weighted by molar-refractivity contribution is -0.124. The summed E-state index contributed by atoms with van der Waals surface area (Å²) in [4.78, 5) is 14.0. The fourth-order valence-corrected chi connectivity index (χ4v) is 2.13. The number of nitrogens with zero attached hydrogens (tertiary/aromatic N) is 1. The van der Waals surface area contributed by atoms with Gasteiger partial charge in [0.15, 0.2) is 0 Å². The van der Waals surface area contributed by atoms with E-state index in [1.54, 1.807) is 0 Å². The van der Waals surface area contributed by atoms with Crippen molar-refractivity contribution in [3.05, 3.63) is 0 Å². The first kappa shape index (κ1) is 15.4. The Morgan fingerprint density at radius 1 is 1.44 bits per heavy atom. The molecule has 0 saturated carbocycles. The smallest absolute Gasteiger partial charge is 0.222 e. The van der Waals surface area contributed by atoms with E-state index >= 15 is 0 Å². The highest BCUT2D eigenvalue weighted by Crippen LogP contribution is 2.00. The summed E-state index contributed by atoms with van der Waals surface area (Å²) in [7, 11) is 0. The van der Waals surface area contributed by atoms with Crippen LogP contribution in [0.25, 0.3) is 0 Å². The summed E-state index contributed by atoms with van der Waals surface area (Å²) in [5.74, 6) is 0.0938. The second-order valence-corrected chi connectivity index (χ2v) is 4.69. The Balaban J connectivity index is 2.08. The number of hydrogen-bond donors (Lipinski definition) is 2. The van der Waals surface area contributed by atoms with Gasteiger partial charge >= 0.3 is 0 Å². The highest BCUT2D eigenvalue weighted by molar-refractivity contribution is 5.76. The molecule has 106 valence electrons. The van der Waals surface area contributed by atoms with E-state index in [2.05, 4.69) is 29.4 Å². The molecule has 0 bridgehead atoms. The van der Waals surface area contributed by atoms with Gasteiger partial charge in [0.1, 0.15) is 0 Å². The van der Waals surface area contributed by atoms with Gasteiger partial charge in [0, 0.05) is 26.2 Å². The lowest BCUT2D eigenvalue weighted by atomic mass is 10.2. The van der Waals surface area contributed by atoms with Crippen molar-refractivity contribution in [2.75, 3.05) is 45.9 Å². The molecular formula is C13H27N3O2. The van der Waals surface area contributed by atoms with Crippen molar-refractivity contribution in [3.8, 4) is 0 Å². The number of ether oxygens (including phenoxy) is 1. The predicted octanol–water partition coefficient (Wildman–Crippen LogP) is 0.213. The Morgan fingerprint density at radius 3 is 2.89 bits per heavy atom. The third kappa shape index (κ3) is 6.33. The Labute approximate surface area is 110 Å². The van der Waals surface area contributed by atoms with Crippen LogP contribution < -0.4 is 10.6 Å². The maximum Gasteiger partial charge on any atom is 0.222 e. The van der Waals surface area contributed by atoms with Gasteiger partial charge in [-0.25, -0.2) is 0 Å². The number of nitrogens with one attached hydrogen (secondary N) is 2. The summed E-state index contributed by atoms with van der Waals surface area (Å²) < 4.78 is 5.50. The number of amides is 1. The van der Waals surface area contributed by atoms with Gasteiger partial charge in [0.05, 0.1) is 19.1 Å². The summed E-state index contributed by atoms with van der Waals surface area (Å²) in [6.45, 7) is 10.5. The molecule has 0 aromatic rings. The maximum absolute atomic E-state index is 11.7. The first-order chi connectivity index (χ1) is 8.76. The number of carbonyl (C=O) groups is 1. The van der Waals surface area contributed by atoms with Crippen LogP contribution in [0.2, 0.25) is 0 Å². The van der Waals surface area contributed by atoms with Gasteiger partial charge in [-0.2, -0.15) is 0 Å². The zero-order chi connectivity index (χ0) is 13.2. The molecule has 0 spiro atoms. The Kier molecular flexibility index (Phi) is 7.96. The van der Waals surface area contributed by atoms with Crippen molar-refractivity contribution in [2.45, 2.75) is 32.8 Å². The second-order valence-electron chi connectivity index (χ2n) is 4.69. The molecule has 0 aromatic carbocycles. The highest BCUT2D eigenvalue weighted by Gasteiger charge is 2.16. The average molecular weight is 257 g/mol. The lowest BCUT2D eigenvalue weighted by Crippen LogP contribution is -2.42. The van der Waals surface area contributed by atoms with Crippen LogP contribution in [0, 0.1) is 0 Å². The minimum Gasteiger partial charge on any atom is -0.375 e. The van der Waals surface area contributed by atoms with Crippen molar-refractivity contribution in [1.82, 2.24) is 15.5 Å². The number of carbonyl (C=O) groups excluding carboxylic acids is 1. The Hall–Kier alpha value is -0.650. The topological polar surface area (TPSA) is 53.6 Å². The minimum atomic E-state index is 0.0386. The standard InChI is InChI=1S/C13H27N3O2/c1-3-7-16(4-2)8-5-15-13(17)10-12-11-14-6-9-18-12/h12,14H,3-11H2,1-2H3,(H,15,17). The normalized spacial score (nSPS) is 20.1. The molecule has 1 rings (SSSR count). The van der Waals surface area contributed by atoms with Crippen LogP contribution in [0.5, 0.6) is 0 Å². The number of likely N-dealkylation sites (N-methyl/N-ethyl adjacent to an activating group) is 1. The highest BCUT2D eigenvalue weighted by atomic mass is 16.5. The SMILES string of the molecule is CCCN(CC)CCNC(=O)CC1CNCCO1. The molecule has 0 radical (unpaired) electrons. The molecule has 1 atom stereocenters. The second kappa shape index (κ2) is 9.30. The van der Waals surface area contributed by atoms with Gasteiger partial charge in [-0.05, 0) is 19.5 Å². The van der Waals surface area contributed by atoms with Crippen LogP contribution in [-0.2, 0) is 9.53 Å². The quantitative estimate of drug-likeness (QED) is 0.653. The van der Waals surface area contributed by atoms with Crippen LogP contribution in [0.1, 0.15) is 26.7 Å². The molecule has 0 aromatic heterocycles. The first-order valence-corrected chi connectivity index (χ1v) is 7.07. The third-order valence-electron chi connectivity index (χ3n) is 3.15. The van der Waals surface area contributed by atoms with E-state index in [1.165, 1.54) is 0 Å². The van der Waals surface area contributed by atoms with Gasteiger partial charge in [0.25, 0.3) is 0 Å². The van der Waals surface area contributed by atoms with E-state index in [1.807, 2.05) is 0 Å². The van der Waals surface area contributed by atoms with Crippen LogP contribution >= 0.6 is 0 Å². The van der Waals surface area contributed by atoms with Crippen molar-refractivity contribution >= 4 is 5.91 Å². The molecule has 1 heterocycles. The molecule has 5 nitrogen and oxygen atoms in total. The molecule has 2 N–H and O–H groups in total. The fourth-order valence-electron chi connectivity index (χ4n) is 2.13. The van der Waals surface area contributed by atoms with Crippen molar-refractivity contribution in [3.63, 3.8) is 0 Å². The molecule has 0 aliphatic carbocycles. The first-order valence-electron chi connectivity index (χ1n) is 7.07. The predicted molar refractivity (Wildman–Crippen MR) is 72.6 cm³/mol. The van der Waals surface area contributed by atoms with E-state index in [0.29, 0.717) is 13.0 Å². The van der Waals surface area contributed by atoms with Crippen molar-refractivity contribution in [2.24, 2.45) is 0 Å². The lowest BCUT2D eigenvalue weighted by Gasteiger charge is -2.23. The number of rotatable bonds is 8. The molecule has 1 unspecified atom stereocenters. The monoisotopic (exact) mass is 257 g/mol. The van der Waals surface area contributed by atoms with Crippen LogP contribution in [-0.4, -0.2) is 62.8 Å². The minimum absolute atomic E-state index is 0.0386. The number of morpholine rings is 1. The van der Waals surface area contributed by atoms with Crippen LogP contribution in [0.4, 0.5) is 0 Å². The van der Waals surface area contributed by atoms with E-state index < -0.39 is 0 Å². The summed E-state index contributed by atoms with van der Waals surface area (Å²) in [5.41, 5.74) is 0. The van der Waals surface area contributed by atoms with E-state index in [9.17, 15) is 4.79 Å². The largest absolute Gasteiger partial charge is 0.375 e. The summed E-state index contributed by atoms with van der Waals surface area (Å²) in [6.07, 6.45) is 1.66. The fraction of sp³-hybridized carbons (Fsp3) is 0.923. The van der Waals surface area contributed by atoms with Crippen molar-refractivity contribution in [1.29, 1.82) is 0 Å². The zero-order valence-corrected chi connectivity index (χ0v) is 11.7. The maximum atomic E-state index is 11.7. The van der Waals surface area contributed by atoms with Gasteiger partial charge in [-0.1, -0.05) is 13.8 Å². The van der Waals surface area contributed by atoms with E-state index in [0.717, 1.165) is 45.7 Å². The molecule has 1 aliphatic heterocycles. The molecule has 1 fully saturated rings. The van der Waals surface area contributed by atoms with Gasteiger partial charge in [-0.15, -0.1) is 0 Å². The van der Waals surface area contributed by atoms with Gasteiger partial charge in [-0.3, -0.25) is 4.79 Å². The van der Waals surface area contributed by atoms with Gasteiger partial charge in [0.2, 0.25) is 5.91 Å². The summed E-state index contributed by atoms with van der Waals surface area (Å²) in [6, 6.07) is 0. The summed E-state index contributed by atoms with van der Waals surface area (Å²) in [5, 5.41) is 6.19. The Bertz CT molecular complexity index is 230. The Morgan fingerprint density at radius 2 is 2.28 bits per heavy atom. The number of hydrogen-bond acceptors (Lipinski definition) is 4. The van der Waals surface area contributed by atoms with Crippen molar-refractivity contribution < 1.29 is 9.53 Å². The molecular weight excluding hydrogens is 230 g/mol. The third-order valence-corrected chi connectivity index (χ3v) is 3.15. The average Bonchev–Trinajstić information content (AvgIpc) is 2.39. The molecule has 1 amide bonds.